The molecule has 1 aromatic carbocycles. The van der Waals surface area contributed by atoms with E-state index in [1.807, 2.05) is 0 Å². The van der Waals surface area contributed by atoms with Gasteiger partial charge in [0.05, 0.1) is 10.7 Å². The normalized spacial score (nSPS) is 13.5. The van der Waals surface area contributed by atoms with E-state index < -0.39 is 11.8 Å². The van der Waals surface area contributed by atoms with Crippen molar-refractivity contribution >= 4 is 41.4 Å². The minimum absolute atomic E-state index is 0. The zero-order chi connectivity index (χ0) is 8.55. The van der Waals surface area contributed by atoms with Gasteiger partial charge in [0.2, 0.25) is 0 Å². The first kappa shape index (κ1) is 10.2. The van der Waals surface area contributed by atoms with Crippen molar-refractivity contribution in [3.63, 3.8) is 0 Å². The van der Waals surface area contributed by atoms with Crippen LogP contribution in [0.5, 0.6) is 0 Å². The van der Waals surface area contributed by atoms with E-state index in [2.05, 4.69) is 9.98 Å². The second kappa shape index (κ2) is 3.91. The number of rotatable bonds is 0. The van der Waals surface area contributed by atoms with Crippen molar-refractivity contribution in [1.82, 2.24) is 0 Å². The molecular weight excluding hydrogens is 179 g/mol. The van der Waals surface area contributed by atoms with E-state index in [1.54, 1.807) is 24.3 Å². The molecule has 0 saturated heterocycles. The van der Waals surface area contributed by atoms with Gasteiger partial charge in [-0.15, -0.1) is 0 Å². The predicted octanol–water partition coefficient (Wildman–Crippen LogP) is -1.66. The molecule has 5 heteroatoms. The molecule has 0 unspecified atom stereocenters. The van der Waals surface area contributed by atoms with Crippen molar-refractivity contribution in [3.8, 4) is 0 Å². The van der Waals surface area contributed by atoms with E-state index in [-0.39, 0.29) is 29.6 Å². The molecule has 0 N–H and O–H groups in total. The quantitative estimate of drug-likeness (QED) is 0.358. The van der Waals surface area contributed by atoms with Gasteiger partial charge < -0.3 is 0 Å². The number of para-hydroxylation sites is 2. The Labute approximate surface area is 95.7 Å². The number of hydrogen-bond donors (Lipinski definition) is 0. The fourth-order valence-corrected chi connectivity index (χ4v) is 0.968. The molecule has 2 rings (SSSR count). The molecule has 13 heavy (non-hydrogen) atoms. The molecule has 0 fully saturated rings. The van der Waals surface area contributed by atoms with Crippen LogP contribution in [0.4, 0.5) is 0 Å². The summed E-state index contributed by atoms with van der Waals surface area (Å²) in [6, 6.07) is 6.76. The van der Waals surface area contributed by atoms with Crippen LogP contribution in [-0.2, 0) is 9.59 Å². The molecule has 4 nitrogen and oxygen atoms in total. The number of hydrogen-bond acceptors (Lipinski definition) is 2. The van der Waals surface area contributed by atoms with Crippen LogP contribution < -0.4 is 10.7 Å². The molecule has 0 saturated carbocycles. The summed E-state index contributed by atoms with van der Waals surface area (Å²) in [4.78, 5) is 28.6. The molecule has 0 bridgehead atoms. The zero-order valence-electron chi connectivity index (χ0n) is 6.02. The summed E-state index contributed by atoms with van der Waals surface area (Å²) < 4.78 is 0. The Kier molecular flexibility index (Phi) is 3.08. The number of carbonyl (C=O) groups excluding carboxylic acids is 2. The Morgan fingerprint density at radius 1 is 0.846 bits per heavy atom. The molecule has 0 aromatic heterocycles. The van der Waals surface area contributed by atoms with E-state index in [4.69, 9.17) is 0 Å². The van der Waals surface area contributed by atoms with Gasteiger partial charge in [0.15, 0.2) is 0 Å². The van der Waals surface area contributed by atoms with Gasteiger partial charge >= 0.3 is 41.4 Å². The summed E-state index contributed by atoms with van der Waals surface area (Å²) in [6.07, 6.45) is 0. The topological polar surface area (TPSA) is 58.9 Å². The first-order chi connectivity index (χ1) is 5.77. The average Bonchev–Trinajstić information content (AvgIpc) is 2.07. The van der Waals surface area contributed by atoms with Crippen LogP contribution >= 0.6 is 0 Å². The Morgan fingerprint density at radius 2 is 1.23 bits per heavy atom. The standard InChI is InChI=1S/C8H4N2O2.Na.H/c11-7-8(12)10-6-4-2-1-3-5(6)9-7;;/h1-4H;;. The third-order valence-corrected chi connectivity index (χ3v) is 1.51. The van der Waals surface area contributed by atoms with Crippen LogP contribution in [-0.4, -0.2) is 41.4 Å². The number of amides is 2. The predicted molar refractivity (Wildman–Crippen MR) is 45.9 cm³/mol. The van der Waals surface area contributed by atoms with E-state index in [9.17, 15) is 9.59 Å². The van der Waals surface area contributed by atoms with E-state index in [0.29, 0.717) is 10.7 Å². The molecule has 2 amide bonds. The maximum absolute atomic E-state index is 10.7. The van der Waals surface area contributed by atoms with Crippen LogP contribution in [0.1, 0.15) is 0 Å². The third kappa shape index (κ3) is 1.91. The van der Waals surface area contributed by atoms with Crippen molar-refractivity contribution in [3.05, 3.63) is 35.0 Å². The Morgan fingerprint density at radius 3 is 1.62 bits per heavy atom. The average molecular weight is 184 g/mol. The summed E-state index contributed by atoms with van der Waals surface area (Å²) in [6.45, 7) is 0. The van der Waals surface area contributed by atoms with Gasteiger partial charge in [-0.1, -0.05) is 12.1 Å². The summed E-state index contributed by atoms with van der Waals surface area (Å²) >= 11 is 0. The summed E-state index contributed by atoms with van der Waals surface area (Å²) in [5, 5.41) is 0.921. The Bertz CT molecular complexity index is 436. The Hall–Kier alpha value is -0.840. The summed E-state index contributed by atoms with van der Waals surface area (Å²) in [5.74, 6) is -1.59. The van der Waals surface area contributed by atoms with E-state index >= 15 is 0 Å². The summed E-state index contributed by atoms with van der Waals surface area (Å²) in [5.41, 5.74) is 0. The van der Waals surface area contributed by atoms with Crippen molar-refractivity contribution in [1.29, 1.82) is 0 Å². The second-order valence-electron chi connectivity index (χ2n) is 2.32. The molecule has 1 aromatic rings. The molecule has 0 atom stereocenters. The number of nitrogens with zero attached hydrogens (tertiary/aromatic N) is 2. The van der Waals surface area contributed by atoms with Crippen molar-refractivity contribution in [2.75, 3.05) is 0 Å². The first-order valence-corrected chi connectivity index (χ1v) is 3.38. The zero-order valence-corrected chi connectivity index (χ0v) is 6.02. The molecule has 0 aliphatic carbocycles. The Balaban J connectivity index is 0.000000845. The molecule has 0 radical (unpaired) electrons. The first-order valence-electron chi connectivity index (χ1n) is 3.38. The van der Waals surface area contributed by atoms with Gasteiger partial charge in [-0.25, -0.2) is 9.98 Å². The second-order valence-corrected chi connectivity index (χ2v) is 2.32. The molecule has 1 aliphatic heterocycles. The summed E-state index contributed by atoms with van der Waals surface area (Å²) in [7, 11) is 0. The molecule has 1 aliphatic rings. The monoisotopic (exact) mass is 184 g/mol. The number of fused-ring (bicyclic) bond motifs is 1. The van der Waals surface area contributed by atoms with Crippen LogP contribution in [0.2, 0.25) is 0 Å². The fraction of sp³-hybridized carbons (Fsp3) is 0. The van der Waals surface area contributed by atoms with Crippen molar-refractivity contribution in [2.45, 2.75) is 0 Å². The van der Waals surface area contributed by atoms with Crippen LogP contribution in [0.15, 0.2) is 34.3 Å². The van der Waals surface area contributed by atoms with Crippen molar-refractivity contribution in [2.24, 2.45) is 9.98 Å². The van der Waals surface area contributed by atoms with Crippen LogP contribution in [0.25, 0.3) is 0 Å². The van der Waals surface area contributed by atoms with E-state index in [1.165, 1.54) is 0 Å². The van der Waals surface area contributed by atoms with Gasteiger partial charge in [0, 0.05) is 0 Å². The maximum atomic E-state index is 10.7. The molecule has 1 heterocycles. The van der Waals surface area contributed by atoms with Gasteiger partial charge in [-0.05, 0) is 12.1 Å². The van der Waals surface area contributed by atoms with Crippen molar-refractivity contribution < 1.29 is 9.59 Å². The molecular formula is C8H5N2NaO2. The van der Waals surface area contributed by atoms with Gasteiger partial charge in [-0.3, -0.25) is 9.59 Å². The van der Waals surface area contributed by atoms with Gasteiger partial charge in [0.1, 0.15) is 0 Å². The molecule has 60 valence electrons. The third-order valence-electron chi connectivity index (χ3n) is 1.51. The van der Waals surface area contributed by atoms with E-state index in [0.717, 1.165) is 0 Å². The number of benzene rings is 1. The number of carbonyl (C=O) groups is 2. The van der Waals surface area contributed by atoms with Crippen LogP contribution in [0.3, 0.4) is 0 Å². The fourth-order valence-electron chi connectivity index (χ4n) is 0.968. The van der Waals surface area contributed by atoms with Gasteiger partial charge in [0.25, 0.3) is 0 Å². The van der Waals surface area contributed by atoms with Gasteiger partial charge in [-0.2, -0.15) is 0 Å². The van der Waals surface area contributed by atoms with Crippen LogP contribution in [0, 0.1) is 0 Å². The SMILES string of the molecule is O=C1N=c2ccccc2=NC1=O.[NaH]. The minimum atomic E-state index is -0.797. The molecule has 0 spiro atoms.